The summed E-state index contributed by atoms with van der Waals surface area (Å²) in [6.07, 6.45) is 0. The number of halogens is 3. The maximum atomic E-state index is 13.8. The van der Waals surface area contributed by atoms with Crippen molar-refractivity contribution in [1.29, 1.82) is 0 Å². The Kier molecular flexibility index (Phi) is 3.20. The van der Waals surface area contributed by atoms with Gasteiger partial charge in [0.15, 0.2) is 0 Å². The lowest BCUT2D eigenvalue weighted by atomic mass is 10.0. The monoisotopic (exact) mass is 293 g/mol. The molecule has 0 saturated heterocycles. The van der Waals surface area contributed by atoms with Gasteiger partial charge in [-0.2, -0.15) is 0 Å². The molecular formula is C15H10ClF2NO. The van der Waals surface area contributed by atoms with E-state index in [1.165, 1.54) is 0 Å². The van der Waals surface area contributed by atoms with Gasteiger partial charge in [0.25, 0.3) is 0 Å². The van der Waals surface area contributed by atoms with Gasteiger partial charge in [-0.05, 0) is 24.3 Å². The Morgan fingerprint density at radius 1 is 1.05 bits per heavy atom. The van der Waals surface area contributed by atoms with Gasteiger partial charge < -0.3 is 10.2 Å². The van der Waals surface area contributed by atoms with E-state index in [0.717, 1.165) is 17.5 Å². The predicted octanol–water partition coefficient (Wildman–Crippen LogP) is 4.41. The zero-order chi connectivity index (χ0) is 14.3. The summed E-state index contributed by atoms with van der Waals surface area (Å²) in [5, 5.41) is 0.579. The zero-order valence-electron chi connectivity index (χ0n) is 10.2. The Labute approximate surface area is 118 Å². The van der Waals surface area contributed by atoms with Crippen LogP contribution < -0.4 is 5.73 Å². The summed E-state index contributed by atoms with van der Waals surface area (Å²) >= 11 is 5.52. The van der Waals surface area contributed by atoms with Gasteiger partial charge in [-0.25, -0.2) is 8.78 Å². The first-order chi connectivity index (χ1) is 9.56. The second kappa shape index (κ2) is 4.89. The van der Waals surface area contributed by atoms with E-state index in [4.69, 9.17) is 21.8 Å². The molecule has 0 spiro atoms. The molecule has 1 aromatic heterocycles. The average molecular weight is 294 g/mol. The van der Waals surface area contributed by atoms with E-state index in [2.05, 4.69) is 0 Å². The molecule has 1 heterocycles. The van der Waals surface area contributed by atoms with Crippen molar-refractivity contribution in [1.82, 2.24) is 0 Å². The van der Waals surface area contributed by atoms with Gasteiger partial charge in [0.2, 0.25) is 0 Å². The molecule has 0 aliphatic carbocycles. The highest BCUT2D eigenvalue weighted by molar-refractivity contribution is 6.30. The average Bonchev–Trinajstić information content (AvgIpc) is 2.86. The van der Waals surface area contributed by atoms with Crippen molar-refractivity contribution in [2.24, 2.45) is 5.73 Å². The molecular weight excluding hydrogens is 284 g/mol. The van der Waals surface area contributed by atoms with Crippen molar-refractivity contribution in [2.45, 2.75) is 6.04 Å². The highest BCUT2D eigenvalue weighted by atomic mass is 35.5. The van der Waals surface area contributed by atoms with E-state index in [1.807, 2.05) is 18.2 Å². The molecule has 2 N–H and O–H groups in total. The van der Waals surface area contributed by atoms with E-state index in [-0.39, 0.29) is 10.6 Å². The smallest absolute Gasteiger partial charge is 0.142 e. The first-order valence-electron chi connectivity index (χ1n) is 5.95. The third kappa shape index (κ3) is 2.17. The SMILES string of the molecule is NC(c1cc2ccccc2o1)c1cc(F)c(Cl)cc1F. The molecule has 1 atom stereocenters. The Hall–Kier alpha value is -1.91. The molecule has 1 unspecified atom stereocenters. The predicted molar refractivity (Wildman–Crippen MR) is 73.6 cm³/mol. The zero-order valence-corrected chi connectivity index (χ0v) is 11.0. The van der Waals surface area contributed by atoms with E-state index in [9.17, 15) is 8.78 Å². The van der Waals surface area contributed by atoms with Gasteiger partial charge in [0, 0.05) is 10.9 Å². The number of para-hydroxylation sites is 1. The van der Waals surface area contributed by atoms with Crippen molar-refractivity contribution in [3.05, 3.63) is 70.4 Å². The van der Waals surface area contributed by atoms with Crippen LogP contribution in [0.2, 0.25) is 5.02 Å². The van der Waals surface area contributed by atoms with Crippen LogP contribution >= 0.6 is 11.6 Å². The fraction of sp³-hybridized carbons (Fsp3) is 0.0667. The summed E-state index contributed by atoms with van der Waals surface area (Å²) in [6, 6.07) is 10.0. The van der Waals surface area contributed by atoms with Gasteiger partial charge in [-0.15, -0.1) is 0 Å². The lowest BCUT2D eigenvalue weighted by Crippen LogP contribution is -2.13. The number of rotatable bonds is 2. The maximum Gasteiger partial charge on any atom is 0.142 e. The molecule has 102 valence electrons. The molecule has 0 aliphatic heterocycles. The molecule has 20 heavy (non-hydrogen) atoms. The normalized spacial score (nSPS) is 12.8. The van der Waals surface area contributed by atoms with Crippen LogP contribution in [0.5, 0.6) is 0 Å². The minimum Gasteiger partial charge on any atom is -0.459 e. The summed E-state index contributed by atoms with van der Waals surface area (Å²) < 4.78 is 32.9. The fourth-order valence-electron chi connectivity index (χ4n) is 2.09. The molecule has 0 radical (unpaired) electrons. The maximum absolute atomic E-state index is 13.8. The molecule has 2 aromatic carbocycles. The van der Waals surface area contributed by atoms with Crippen molar-refractivity contribution in [2.75, 3.05) is 0 Å². The van der Waals surface area contributed by atoms with Crippen LogP contribution in [0, 0.1) is 11.6 Å². The molecule has 2 nitrogen and oxygen atoms in total. The van der Waals surface area contributed by atoms with Crippen molar-refractivity contribution in [3.8, 4) is 0 Å². The van der Waals surface area contributed by atoms with Crippen LogP contribution in [0.3, 0.4) is 0 Å². The van der Waals surface area contributed by atoms with Crippen LogP contribution in [0.15, 0.2) is 46.9 Å². The summed E-state index contributed by atoms with van der Waals surface area (Å²) in [5.74, 6) is -1.01. The van der Waals surface area contributed by atoms with Crippen molar-refractivity contribution < 1.29 is 13.2 Å². The molecule has 5 heteroatoms. The Balaban J connectivity index is 2.07. The largest absolute Gasteiger partial charge is 0.459 e. The van der Waals surface area contributed by atoms with E-state index >= 15 is 0 Å². The first kappa shape index (κ1) is 13.1. The van der Waals surface area contributed by atoms with E-state index in [0.29, 0.717) is 11.3 Å². The van der Waals surface area contributed by atoms with Crippen LogP contribution in [-0.4, -0.2) is 0 Å². The van der Waals surface area contributed by atoms with Crippen LogP contribution in [-0.2, 0) is 0 Å². The lowest BCUT2D eigenvalue weighted by Gasteiger charge is -2.11. The summed E-state index contributed by atoms with van der Waals surface area (Å²) in [7, 11) is 0. The third-order valence-corrected chi connectivity index (χ3v) is 3.42. The lowest BCUT2D eigenvalue weighted by molar-refractivity contribution is 0.506. The number of fused-ring (bicyclic) bond motifs is 1. The second-order valence-electron chi connectivity index (χ2n) is 4.45. The highest BCUT2D eigenvalue weighted by Crippen LogP contribution is 2.30. The highest BCUT2D eigenvalue weighted by Gasteiger charge is 2.19. The molecule has 0 fully saturated rings. The van der Waals surface area contributed by atoms with Gasteiger partial charge in [-0.3, -0.25) is 0 Å². The van der Waals surface area contributed by atoms with Crippen LogP contribution in [0.1, 0.15) is 17.4 Å². The Morgan fingerprint density at radius 3 is 2.55 bits per heavy atom. The summed E-state index contributed by atoms with van der Waals surface area (Å²) in [4.78, 5) is 0. The quantitative estimate of drug-likeness (QED) is 0.711. The van der Waals surface area contributed by atoms with Crippen LogP contribution in [0.25, 0.3) is 11.0 Å². The minimum absolute atomic E-state index is 0.00551. The first-order valence-corrected chi connectivity index (χ1v) is 6.32. The third-order valence-electron chi connectivity index (χ3n) is 3.13. The fourth-order valence-corrected chi connectivity index (χ4v) is 2.24. The topological polar surface area (TPSA) is 39.2 Å². The number of furan rings is 1. The van der Waals surface area contributed by atoms with E-state index in [1.54, 1.807) is 12.1 Å². The number of hydrogen-bond acceptors (Lipinski definition) is 2. The minimum atomic E-state index is -0.894. The molecule has 0 aliphatic rings. The molecule has 0 saturated carbocycles. The number of hydrogen-bond donors (Lipinski definition) is 1. The Morgan fingerprint density at radius 2 is 1.80 bits per heavy atom. The van der Waals surface area contributed by atoms with Gasteiger partial charge in [0.05, 0.1) is 11.1 Å². The molecule has 3 aromatic rings. The molecule has 0 bridgehead atoms. The Bertz CT molecular complexity index is 752. The number of benzene rings is 2. The van der Waals surface area contributed by atoms with Crippen molar-refractivity contribution in [3.63, 3.8) is 0 Å². The van der Waals surface area contributed by atoms with Gasteiger partial charge >= 0.3 is 0 Å². The van der Waals surface area contributed by atoms with Crippen LogP contribution in [0.4, 0.5) is 8.78 Å². The molecule has 0 amide bonds. The van der Waals surface area contributed by atoms with Gasteiger partial charge in [0.1, 0.15) is 23.0 Å². The van der Waals surface area contributed by atoms with E-state index < -0.39 is 17.7 Å². The standard InChI is InChI=1S/C15H10ClF2NO/c16-10-7-11(17)9(6-12(10)18)15(19)14-5-8-3-1-2-4-13(8)20-14/h1-7,15H,19H2. The molecule has 3 rings (SSSR count). The number of nitrogens with two attached hydrogens (primary N) is 1. The van der Waals surface area contributed by atoms with Crippen molar-refractivity contribution >= 4 is 22.6 Å². The summed E-state index contributed by atoms with van der Waals surface area (Å²) in [6.45, 7) is 0. The second-order valence-corrected chi connectivity index (χ2v) is 4.86. The summed E-state index contributed by atoms with van der Waals surface area (Å²) in [5.41, 5.74) is 6.61. The van der Waals surface area contributed by atoms with Gasteiger partial charge in [-0.1, -0.05) is 29.8 Å².